The van der Waals surface area contributed by atoms with Crippen LogP contribution in [0, 0.1) is 6.92 Å². The smallest absolute Gasteiger partial charge is 0.261 e. The van der Waals surface area contributed by atoms with Crippen molar-refractivity contribution in [1.29, 1.82) is 0 Å². The quantitative estimate of drug-likeness (QED) is 0.830. The van der Waals surface area contributed by atoms with Crippen molar-refractivity contribution >= 4 is 17.2 Å². The first-order chi connectivity index (χ1) is 7.68. The van der Waals surface area contributed by atoms with E-state index in [2.05, 4.69) is 5.32 Å². The predicted octanol–water partition coefficient (Wildman–Crippen LogP) is 2.09. The highest BCUT2D eigenvalue weighted by molar-refractivity contribution is 7.12. The van der Waals surface area contributed by atoms with Crippen molar-refractivity contribution in [3.05, 3.63) is 21.9 Å². The van der Waals surface area contributed by atoms with Gasteiger partial charge < -0.3 is 10.4 Å². The molecule has 0 saturated heterocycles. The van der Waals surface area contributed by atoms with E-state index >= 15 is 0 Å². The van der Waals surface area contributed by atoms with Gasteiger partial charge in [-0.1, -0.05) is 12.8 Å². The van der Waals surface area contributed by atoms with E-state index in [1.807, 2.05) is 18.4 Å². The summed E-state index contributed by atoms with van der Waals surface area (Å²) in [6.45, 7) is 1.93. The SMILES string of the molecule is Cc1ccsc1C(=O)N[C@H]1CCCC[C@@H]1O. The molecule has 1 aliphatic carbocycles. The fraction of sp³-hybridized carbons (Fsp3) is 0.583. The molecule has 0 unspecified atom stereocenters. The first-order valence-corrected chi connectivity index (χ1v) is 6.59. The van der Waals surface area contributed by atoms with Crippen LogP contribution in [0.15, 0.2) is 11.4 Å². The van der Waals surface area contributed by atoms with Gasteiger partial charge in [0, 0.05) is 0 Å². The van der Waals surface area contributed by atoms with E-state index in [4.69, 9.17) is 0 Å². The lowest BCUT2D eigenvalue weighted by Gasteiger charge is -2.28. The molecule has 4 heteroatoms. The monoisotopic (exact) mass is 239 g/mol. The number of thiophene rings is 1. The zero-order chi connectivity index (χ0) is 11.5. The topological polar surface area (TPSA) is 49.3 Å². The number of hydrogen-bond donors (Lipinski definition) is 2. The molecule has 2 atom stereocenters. The first kappa shape index (κ1) is 11.6. The fourth-order valence-corrected chi connectivity index (χ4v) is 2.95. The van der Waals surface area contributed by atoms with E-state index in [1.165, 1.54) is 11.3 Å². The van der Waals surface area contributed by atoms with Crippen molar-refractivity contribution in [3.8, 4) is 0 Å². The lowest BCUT2D eigenvalue weighted by molar-refractivity contribution is 0.0720. The van der Waals surface area contributed by atoms with Gasteiger partial charge in [0.25, 0.3) is 5.91 Å². The van der Waals surface area contributed by atoms with Gasteiger partial charge in [-0.15, -0.1) is 11.3 Å². The van der Waals surface area contributed by atoms with E-state index in [-0.39, 0.29) is 18.1 Å². The third-order valence-electron chi connectivity index (χ3n) is 3.11. The van der Waals surface area contributed by atoms with E-state index in [1.54, 1.807) is 0 Å². The summed E-state index contributed by atoms with van der Waals surface area (Å²) in [5.74, 6) is -0.0431. The zero-order valence-corrected chi connectivity index (χ0v) is 10.2. The summed E-state index contributed by atoms with van der Waals surface area (Å²) in [4.78, 5) is 12.7. The van der Waals surface area contributed by atoms with Crippen molar-refractivity contribution in [1.82, 2.24) is 5.32 Å². The van der Waals surface area contributed by atoms with Crippen molar-refractivity contribution in [2.24, 2.45) is 0 Å². The minimum atomic E-state index is -0.377. The van der Waals surface area contributed by atoms with Gasteiger partial charge >= 0.3 is 0 Å². The van der Waals surface area contributed by atoms with Crippen LogP contribution in [0.2, 0.25) is 0 Å². The van der Waals surface area contributed by atoms with Crippen LogP contribution in [0.1, 0.15) is 40.9 Å². The maximum absolute atomic E-state index is 11.9. The Morgan fingerprint density at radius 2 is 2.25 bits per heavy atom. The Balaban J connectivity index is 1.99. The van der Waals surface area contributed by atoms with E-state index < -0.39 is 0 Å². The van der Waals surface area contributed by atoms with Crippen LogP contribution in [0.3, 0.4) is 0 Å². The lowest BCUT2D eigenvalue weighted by atomic mass is 9.92. The molecule has 1 heterocycles. The Bertz CT molecular complexity index is 375. The maximum Gasteiger partial charge on any atom is 0.261 e. The molecule has 3 nitrogen and oxygen atoms in total. The number of hydrogen-bond acceptors (Lipinski definition) is 3. The van der Waals surface area contributed by atoms with Crippen LogP contribution < -0.4 is 5.32 Å². The molecule has 1 aliphatic rings. The number of aryl methyl sites for hydroxylation is 1. The molecular weight excluding hydrogens is 222 g/mol. The van der Waals surface area contributed by atoms with Crippen LogP contribution in [-0.2, 0) is 0 Å². The molecule has 1 aromatic rings. The van der Waals surface area contributed by atoms with Crippen molar-refractivity contribution in [2.45, 2.75) is 44.8 Å². The Kier molecular flexibility index (Phi) is 3.61. The predicted molar refractivity (Wildman–Crippen MR) is 64.8 cm³/mol. The van der Waals surface area contributed by atoms with Gasteiger partial charge in [0.1, 0.15) is 0 Å². The molecule has 0 bridgehead atoms. The average Bonchev–Trinajstić information content (AvgIpc) is 2.68. The third-order valence-corrected chi connectivity index (χ3v) is 4.13. The Morgan fingerprint density at radius 1 is 1.50 bits per heavy atom. The second-order valence-electron chi connectivity index (χ2n) is 4.36. The summed E-state index contributed by atoms with van der Waals surface area (Å²) in [5.41, 5.74) is 1.01. The normalized spacial score (nSPS) is 25.4. The molecule has 1 amide bonds. The Labute approximate surface area is 99.5 Å². The molecule has 1 aromatic heterocycles. The number of carbonyl (C=O) groups is 1. The zero-order valence-electron chi connectivity index (χ0n) is 9.40. The largest absolute Gasteiger partial charge is 0.391 e. The summed E-state index contributed by atoms with van der Waals surface area (Å²) >= 11 is 1.45. The number of aliphatic hydroxyl groups is 1. The molecule has 0 spiro atoms. The Morgan fingerprint density at radius 3 is 2.88 bits per heavy atom. The maximum atomic E-state index is 11.9. The summed E-state index contributed by atoms with van der Waals surface area (Å²) in [7, 11) is 0. The van der Waals surface area contributed by atoms with Crippen LogP contribution in [0.4, 0.5) is 0 Å². The highest BCUT2D eigenvalue weighted by Gasteiger charge is 2.25. The minimum absolute atomic E-state index is 0.0431. The number of nitrogens with one attached hydrogen (secondary N) is 1. The fourth-order valence-electron chi connectivity index (χ4n) is 2.12. The number of amides is 1. The van der Waals surface area contributed by atoms with Crippen molar-refractivity contribution in [3.63, 3.8) is 0 Å². The molecule has 1 saturated carbocycles. The summed E-state index contributed by atoms with van der Waals surface area (Å²) in [6, 6.07) is 1.87. The standard InChI is InChI=1S/C12H17NO2S/c1-8-6-7-16-11(8)12(15)13-9-4-2-3-5-10(9)14/h6-7,9-10,14H,2-5H2,1H3,(H,13,15)/t9-,10-/m0/s1. The van der Waals surface area contributed by atoms with Crippen molar-refractivity contribution in [2.75, 3.05) is 0 Å². The molecule has 1 fully saturated rings. The van der Waals surface area contributed by atoms with Crippen LogP contribution in [0.5, 0.6) is 0 Å². The van der Waals surface area contributed by atoms with Gasteiger partial charge in [-0.05, 0) is 36.8 Å². The minimum Gasteiger partial charge on any atom is -0.391 e. The molecule has 88 valence electrons. The van der Waals surface area contributed by atoms with E-state index in [0.29, 0.717) is 0 Å². The average molecular weight is 239 g/mol. The van der Waals surface area contributed by atoms with Gasteiger partial charge in [0.2, 0.25) is 0 Å². The van der Waals surface area contributed by atoms with Gasteiger partial charge in [0.15, 0.2) is 0 Å². The molecule has 0 aliphatic heterocycles. The summed E-state index contributed by atoms with van der Waals surface area (Å²) in [6.07, 6.45) is 3.46. The second-order valence-corrected chi connectivity index (χ2v) is 5.28. The van der Waals surface area contributed by atoms with E-state index in [0.717, 1.165) is 36.1 Å². The molecule has 16 heavy (non-hydrogen) atoms. The van der Waals surface area contributed by atoms with Crippen LogP contribution in [-0.4, -0.2) is 23.2 Å². The van der Waals surface area contributed by atoms with E-state index in [9.17, 15) is 9.90 Å². The third kappa shape index (κ3) is 2.44. The van der Waals surface area contributed by atoms with Gasteiger partial charge in [-0.2, -0.15) is 0 Å². The first-order valence-electron chi connectivity index (χ1n) is 5.71. The molecular formula is C12H17NO2S. The van der Waals surface area contributed by atoms with Crippen LogP contribution >= 0.6 is 11.3 Å². The van der Waals surface area contributed by atoms with Gasteiger partial charge in [-0.3, -0.25) is 4.79 Å². The number of rotatable bonds is 2. The summed E-state index contributed by atoms with van der Waals surface area (Å²) < 4.78 is 0. The Hall–Kier alpha value is -0.870. The highest BCUT2D eigenvalue weighted by Crippen LogP contribution is 2.20. The van der Waals surface area contributed by atoms with Gasteiger partial charge in [-0.25, -0.2) is 0 Å². The lowest BCUT2D eigenvalue weighted by Crippen LogP contribution is -2.45. The molecule has 2 rings (SSSR count). The molecule has 0 aromatic carbocycles. The molecule has 0 radical (unpaired) electrons. The van der Waals surface area contributed by atoms with Crippen molar-refractivity contribution < 1.29 is 9.90 Å². The number of aliphatic hydroxyl groups excluding tert-OH is 1. The summed E-state index contributed by atoms with van der Waals surface area (Å²) in [5, 5.41) is 14.6. The van der Waals surface area contributed by atoms with Gasteiger partial charge in [0.05, 0.1) is 17.0 Å². The molecule has 2 N–H and O–H groups in total. The number of carbonyl (C=O) groups excluding carboxylic acids is 1. The highest BCUT2D eigenvalue weighted by atomic mass is 32.1. The van der Waals surface area contributed by atoms with Crippen LogP contribution in [0.25, 0.3) is 0 Å². The second kappa shape index (κ2) is 4.97.